The molecule has 0 saturated heterocycles. The summed E-state index contributed by atoms with van der Waals surface area (Å²) in [5.74, 6) is -0.968. The van der Waals surface area contributed by atoms with E-state index in [1.165, 1.54) is 11.9 Å². The number of nitrogens with one attached hydrogen (secondary N) is 1. The number of aromatic nitrogens is 4. The Kier molecular flexibility index (Phi) is 4.05. The minimum atomic E-state index is -4.60. The molecule has 0 amide bonds. The Morgan fingerprint density at radius 3 is 2.54 bits per heavy atom. The third-order valence-corrected chi connectivity index (χ3v) is 4.40. The van der Waals surface area contributed by atoms with Crippen LogP contribution in [0.1, 0.15) is 29.8 Å². The minimum Gasteiger partial charge on any atom is -0.365 e. The predicted molar refractivity (Wildman–Crippen MR) is 91.9 cm³/mol. The average molecular weight is 361 g/mol. The van der Waals surface area contributed by atoms with E-state index in [2.05, 4.69) is 20.3 Å². The second-order valence-corrected chi connectivity index (χ2v) is 6.66. The van der Waals surface area contributed by atoms with Gasteiger partial charge in [-0.15, -0.1) is 0 Å². The van der Waals surface area contributed by atoms with Crippen LogP contribution in [0.5, 0.6) is 0 Å². The lowest BCUT2D eigenvalue weighted by molar-refractivity contribution is -0.144. The Labute approximate surface area is 148 Å². The summed E-state index contributed by atoms with van der Waals surface area (Å²) in [5.41, 5.74) is 2.87. The molecule has 1 N–H and O–H groups in total. The van der Waals surface area contributed by atoms with Crippen molar-refractivity contribution >= 4 is 17.0 Å². The van der Waals surface area contributed by atoms with E-state index < -0.39 is 12.0 Å². The van der Waals surface area contributed by atoms with Gasteiger partial charge in [0.2, 0.25) is 5.82 Å². The van der Waals surface area contributed by atoms with Gasteiger partial charge >= 0.3 is 6.18 Å². The van der Waals surface area contributed by atoms with Gasteiger partial charge in [-0.2, -0.15) is 13.2 Å². The quantitative estimate of drug-likeness (QED) is 0.747. The summed E-state index contributed by atoms with van der Waals surface area (Å²) < 4.78 is 41.2. The first-order valence-corrected chi connectivity index (χ1v) is 8.52. The summed E-state index contributed by atoms with van der Waals surface area (Å²) in [4.78, 5) is 11.7. The van der Waals surface area contributed by atoms with Crippen LogP contribution >= 0.6 is 0 Å². The monoisotopic (exact) mass is 361 g/mol. The van der Waals surface area contributed by atoms with Crippen molar-refractivity contribution in [3.05, 3.63) is 47.5 Å². The molecule has 4 rings (SSSR count). The highest BCUT2D eigenvalue weighted by molar-refractivity contribution is 5.83. The Balaban J connectivity index is 1.67. The fourth-order valence-electron chi connectivity index (χ4n) is 2.76. The zero-order valence-electron chi connectivity index (χ0n) is 14.2. The van der Waals surface area contributed by atoms with Crippen molar-refractivity contribution in [3.8, 4) is 0 Å². The Bertz CT molecular complexity index is 926. The molecule has 1 saturated carbocycles. The fraction of sp³-hybridized carbons (Fsp3) is 0.389. The Morgan fingerprint density at radius 2 is 1.88 bits per heavy atom. The minimum absolute atomic E-state index is 0.166. The molecule has 0 unspecified atom stereocenters. The normalized spacial score (nSPS) is 14.8. The van der Waals surface area contributed by atoms with E-state index >= 15 is 0 Å². The zero-order valence-corrected chi connectivity index (χ0v) is 14.2. The number of fused-ring (bicyclic) bond motifs is 1. The standard InChI is InChI=1S/C18H18F3N5/c1-11-2-4-12(5-3-11)8-9-26-10-22-14-15(23-13-6-7-13)24-17(18(19,20)21)25-16(14)26/h2-5,10,13H,6-9H2,1H3,(H,23,24,25). The summed E-state index contributed by atoms with van der Waals surface area (Å²) in [6, 6.07) is 8.24. The summed E-state index contributed by atoms with van der Waals surface area (Å²) in [6.45, 7) is 2.51. The first-order valence-electron chi connectivity index (χ1n) is 8.52. The zero-order chi connectivity index (χ0) is 18.3. The molecule has 0 radical (unpaired) electrons. The number of alkyl halides is 3. The largest absolute Gasteiger partial charge is 0.451 e. The Hall–Kier alpha value is -2.64. The average Bonchev–Trinajstić information content (AvgIpc) is 3.31. The van der Waals surface area contributed by atoms with E-state index in [-0.39, 0.29) is 17.5 Å². The number of imidazole rings is 1. The van der Waals surface area contributed by atoms with Gasteiger partial charge < -0.3 is 9.88 Å². The summed E-state index contributed by atoms with van der Waals surface area (Å²) in [7, 11) is 0. The highest BCUT2D eigenvalue weighted by atomic mass is 19.4. The molecule has 26 heavy (non-hydrogen) atoms. The van der Waals surface area contributed by atoms with Crippen molar-refractivity contribution in [1.82, 2.24) is 19.5 Å². The molecule has 2 heterocycles. The lowest BCUT2D eigenvalue weighted by Crippen LogP contribution is -2.15. The van der Waals surface area contributed by atoms with Crippen LogP contribution < -0.4 is 5.32 Å². The molecule has 0 aliphatic heterocycles. The number of benzene rings is 1. The fourth-order valence-corrected chi connectivity index (χ4v) is 2.76. The molecule has 1 fully saturated rings. The van der Waals surface area contributed by atoms with Crippen LogP contribution in [-0.4, -0.2) is 25.6 Å². The maximum absolute atomic E-state index is 13.2. The van der Waals surface area contributed by atoms with Crippen molar-refractivity contribution in [2.45, 2.75) is 44.9 Å². The third-order valence-electron chi connectivity index (χ3n) is 4.40. The van der Waals surface area contributed by atoms with Crippen LogP contribution in [-0.2, 0) is 19.1 Å². The molecule has 0 atom stereocenters. The van der Waals surface area contributed by atoms with Gasteiger partial charge in [0.25, 0.3) is 0 Å². The van der Waals surface area contributed by atoms with Crippen LogP contribution in [0.4, 0.5) is 19.0 Å². The van der Waals surface area contributed by atoms with Crippen molar-refractivity contribution in [2.75, 3.05) is 5.32 Å². The number of anilines is 1. The predicted octanol–water partition coefficient (Wildman–Crippen LogP) is 3.97. The molecule has 0 spiro atoms. The number of aryl methyl sites for hydroxylation is 3. The van der Waals surface area contributed by atoms with E-state index in [9.17, 15) is 13.2 Å². The van der Waals surface area contributed by atoms with Gasteiger partial charge in [0.05, 0.1) is 6.33 Å². The van der Waals surface area contributed by atoms with Gasteiger partial charge in [-0.3, -0.25) is 0 Å². The lowest BCUT2D eigenvalue weighted by atomic mass is 10.1. The van der Waals surface area contributed by atoms with E-state index in [0.29, 0.717) is 18.5 Å². The van der Waals surface area contributed by atoms with Gasteiger partial charge in [-0.05, 0) is 31.7 Å². The van der Waals surface area contributed by atoms with E-state index in [1.807, 2.05) is 31.2 Å². The van der Waals surface area contributed by atoms with Crippen LogP contribution in [0, 0.1) is 6.92 Å². The molecular weight excluding hydrogens is 343 g/mol. The van der Waals surface area contributed by atoms with Gasteiger partial charge in [0.1, 0.15) is 5.52 Å². The molecule has 1 aliphatic carbocycles. The first kappa shape index (κ1) is 16.8. The first-order chi connectivity index (χ1) is 12.4. The van der Waals surface area contributed by atoms with Crippen LogP contribution in [0.15, 0.2) is 30.6 Å². The number of hydrogen-bond donors (Lipinski definition) is 1. The molecule has 1 aromatic carbocycles. The van der Waals surface area contributed by atoms with Gasteiger partial charge in [0.15, 0.2) is 11.5 Å². The molecule has 3 aromatic rings. The topological polar surface area (TPSA) is 55.6 Å². The van der Waals surface area contributed by atoms with Crippen molar-refractivity contribution < 1.29 is 13.2 Å². The SMILES string of the molecule is Cc1ccc(CCn2cnc3c(NC4CC4)nc(C(F)(F)F)nc32)cc1. The molecule has 0 bridgehead atoms. The maximum Gasteiger partial charge on any atom is 0.451 e. The van der Waals surface area contributed by atoms with Gasteiger partial charge in [-0.1, -0.05) is 29.8 Å². The summed E-state index contributed by atoms with van der Waals surface area (Å²) in [6.07, 6.45) is -0.517. The lowest BCUT2D eigenvalue weighted by Gasteiger charge is -2.11. The number of halogens is 3. The van der Waals surface area contributed by atoms with Crippen LogP contribution in [0.2, 0.25) is 0 Å². The summed E-state index contributed by atoms with van der Waals surface area (Å²) >= 11 is 0. The molecular formula is C18H18F3N5. The molecule has 136 valence electrons. The molecule has 8 heteroatoms. The van der Waals surface area contributed by atoms with Crippen LogP contribution in [0.3, 0.4) is 0 Å². The van der Waals surface area contributed by atoms with Crippen LogP contribution in [0.25, 0.3) is 11.2 Å². The highest BCUT2D eigenvalue weighted by Crippen LogP contribution is 2.32. The summed E-state index contributed by atoms with van der Waals surface area (Å²) in [5, 5.41) is 3.04. The number of nitrogens with zero attached hydrogens (tertiary/aromatic N) is 4. The van der Waals surface area contributed by atoms with E-state index in [1.54, 1.807) is 4.57 Å². The van der Waals surface area contributed by atoms with Gasteiger partial charge in [0, 0.05) is 12.6 Å². The molecule has 1 aliphatic rings. The van der Waals surface area contributed by atoms with E-state index in [4.69, 9.17) is 0 Å². The molecule has 2 aromatic heterocycles. The third kappa shape index (κ3) is 3.49. The molecule has 5 nitrogen and oxygen atoms in total. The van der Waals surface area contributed by atoms with Crippen molar-refractivity contribution in [1.29, 1.82) is 0 Å². The van der Waals surface area contributed by atoms with Crippen molar-refractivity contribution in [3.63, 3.8) is 0 Å². The van der Waals surface area contributed by atoms with Gasteiger partial charge in [-0.25, -0.2) is 15.0 Å². The van der Waals surface area contributed by atoms with Crippen molar-refractivity contribution in [2.24, 2.45) is 0 Å². The second kappa shape index (κ2) is 6.26. The second-order valence-electron chi connectivity index (χ2n) is 6.66. The highest BCUT2D eigenvalue weighted by Gasteiger charge is 2.37. The maximum atomic E-state index is 13.2. The Morgan fingerprint density at radius 1 is 1.15 bits per heavy atom. The number of hydrogen-bond acceptors (Lipinski definition) is 4. The number of rotatable bonds is 5. The smallest absolute Gasteiger partial charge is 0.365 e. The van der Waals surface area contributed by atoms with E-state index in [0.717, 1.165) is 18.4 Å².